The van der Waals surface area contributed by atoms with Crippen molar-refractivity contribution in [2.75, 3.05) is 13.1 Å². The first kappa shape index (κ1) is 19.0. The summed E-state index contributed by atoms with van der Waals surface area (Å²) < 4.78 is 16.2. The smallest absolute Gasteiger partial charge is 0.334 e. The number of halogens is 3. The van der Waals surface area contributed by atoms with Crippen molar-refractivity contribution >= 4 is 34.8 Å². The van der Waals surface area contributed by atoms with Crippen LogP contribution in [0.2, 0.25) is 10.0 Å². The SMILES string of the molecule is Cc1cn(CC(=O)N2CCC(F)C2)c(=O)n2c(-c3ccc(Cl)c(Cl)c3)cnc12. The van der Waals surface area contributed by atoms with Crippen molar-refractivity contribution in [1.29, 1.82) is 0 Å². The minimum atomic E-state index is -1.00. The molecule has 28 heavy (non-hydrogen) atoms. The van der Waals surface area contributed by atoms with Crippen LogP contribution in [0.15, 0.2) is 35.4 Å². The molecule has 1 unspecified atom stereocenters. The van der Waals surface area contributed by atoms with E-state index in [9.17, 15) is 14.0 Å². The second kappa shape index (κ2) is 7.22. The van der Waals surface area contributed by atoms with Crippen molar-refractivity contribution in [2.45, 2.75) is 26.1 Å². The molecule has 1 aliphatic rings. The molecule has 0 spiro atoms. The number of benzene rings is 1. The fourth-order valence-corrected chi connectivity index (χ4v) is 3.76. The molecule has 1 aromatic carbocycles. The van der Waals surface area contributed by atoms with Gasteiger partial charge in [-0.25, -0.2) is 18.6 Å². The number of alkyl halides is 1. The van der Waals surface area contributed by atoms with Gasteiger partial charge in [-0.15, -0.1) is 0 Å². The highest BCUT2D eigenvalue weighted by Gasteiger charge is 2.26. The molecule has 0 aliphatic carbocycles. The van der Waals surface area contributed by atoms with Gasteiger partial charge >= 0.3 is 5.69 Å². The first-order valence-electron chi connectivity index (χ1n) is 8.80. The maximum atomic E-state index is 13.4. The fraction of sp³-hybridized carbons (Fsp3) is 0.316. The second-order valence-electron chi connectivity index (χ2n) is 6.88. The third-order valence-corrected chi connectivity index (χ3v) is 5.64. The monoisotopic (exact) mass is 422 g/mol. The van der Waals surface area contributed by atoms with Gasteiger partial charge < -0.3 is 4.90 Å². The van der Waals surface area contributed by atoms with Crippen LogP contribution in [0.1, 0.15) is 12.0 Å². The molecule has 2 aromatic heterocycles. The second-order valence-corrected chi connectivity index (χ2v) is 7.69. The molecule has 0 radical (unpaired) electrons. The first-order valence-corrected chi connectivity index (χ1v) is 9.55. The van der Waals surface area contributed by atoms with Crippen LogP contribution in [-0.4, -0.2) is 44.0 Å². The first-order chi connectivity index (χ1) is 13.3. The van der Waals surface area contributed by atoms with E-state index in [2.05, 4.69) is 4.98 Å². The number of fused-ring (bicyclic) bond motifs is 1. The normalized spacial score (nSPS) is 16.9. The van der Waals surface area contributed by atoms with Gasteiger partial charge in [0.1, 0.15) is 18.4 Å². The van der Waals surface area contributed by atoms with Crippen molar-refractivity contribution in [1.82, 2.24) is 18.9 Å². The lowest BCUT2D eigenvalue weighted by atomic mass is 10.2. The van der Waals surface area contributed by atoms with Crippen LogP contribution in [0, 0.1) is 6.92 Å². The Hall–Kier alpha value is -2.38. The van der Waals surface area contributed by atoms with Gasteiger partial charge in [0.25, 0.3) is 0 Å². The zero-order valence-corrected chi connectivity index (χ0v) is 16.5. The Kier molecular flexibility index (Phi) is 4.89. The van der Waals surface area contributed by atoms with Gasteiger partial charge in [0.15, 0.2) is 0 Å². The van der Waals surface area contributed by atoms with Crippen molar-refractivity contribution in [3.05, 3.63) is 56.7 Å². The highest BCUT2D eigenvalue weighted by molar-refractivity contribution is 6.42. The number of rotatable bonds is 3. The van der Waals surface area contributed by atoms with Crippen molar-refractivity contribution < 1.29 is 9.18 Å². The lowest BCUT2D eigenvalue weighted by Gasteiger charge is -2.16. The van der Waals surface area contributed by atoms with Gasteiger partial charge in [-0.1, -0.05) is 29.3 Å². The molecule has 6 nitrogen and oxygen atoms in total. The Morgan fingerprint density at radius 2 is 2.11 bits per heavy atom. The van der Waals surface area contributed by atoms with Gasteiger partial charge in [0.2, 0.25) is 5.91 Å². The molecule has 3 aromatic rings. The van der Waals surface area contributed by atoms with E-state index in [1.807, 2.05) is 6.92 Å². The Morgan fingerprint density at radius 1 is 1.32 bits per heavy atom. The summed E-state index contributed by atoms with van der Waals surface area (Å²) in [6.45, 7) is 2.11. The summed E-state index contributed by atoms with van der Waals surface area (Å²) in [4.78, 5) is 31.4. The van der Waals surface area contributed by atoms with Gasteiger partial charge in [-0.3, -0.25) is 9.36 Å². The molecule has 3 heterocycles. The van der Waals surface area contributed by atoms with Gasteiger partial charge in [-0.2, -0.15) is 0 Å². The van der Waals surface area contributed by atoms with E-state index in [-0.39, 0.29) is 19.0 Å². The summed E-state index contributed by atoms with van der Waals surface area (Å²) in [7, 11) is 0. The van der Waals surface area contributed by atoms with E-state index >= 15 is 0 Å². The van der Waals surface area contributed by atoms with Gasteiger partial charge in [0, 0.05) is 23.9 Å². The maximum absolute atomic E-state index is 13.4. The van der Waals surface area contributed by atoms with E-state index in [0.29, 0.717) is 39.9 Å². The standard InChI is InChI=1S/C19H17Cl2FN4O2/c1-11-8-25(10-17(27)24-5-4-13(22)9-24)19(28)26-16(7-23-18(11)26)12-2-3-14(20)15(21)6-12/h2-3,6-8,13H,4-5,9-10H2,1H3. The highest BCUT2D eigenvalue weighted by Crippen LogP contribution is 2.28. The number of amides is 1. The fourth-order valence-electron chi connectivity index (χ4n) is 3.46. The molecule has 0 saturated carbocycles. The van der Waals surface area contributed by atoms with Crippen LogP contribution in [0.25, 0.3) is 16.9 Å². The van der Waals surface area contributed by atoms with Crippen LogP contribution < -0.4 is 5.69 Å². The average molecular weight is 423 g/mol. The number of carbonyl (C=O) groups excluding carboxylic acids is 1. The number of imidazole rings is 1. The van der Waals surface area contributed by atoms with Crippen molar-refractivity contribution in [3.63, 3.8) is 0 Å². The topological polar surface area (TPSA) is 59.6 Å². The maximum Gasteiger partial charge on any atom is 0.334 e. The summed E-state index contributed by atoms with van der Waals surface area (Å²) in [6.07, 6.45) is 2.52. The molecular formula is C19H17Cl2FN4O2. The number of likely N-dealkylation sites (tertiary alicyclic amines) is 1. The van der Waals surface area contributed by atoms with Crippen LogP contribution in [0.4, 0.5) is 4.39 Å². The number of carbonyl (C=O) groups is 1. The number of hydrogen-bond acceptors (Lipinski definition) is 3. The summed E-state index contributed by atoms with van der Waals surface area (Å²) in [5.41, 5.74) is 2.07. The molecule has 0 bridgehead atoms. The zero-order valence-electron chi connectivity index (χ0n) is 15.0. The molecular weight excluding hydrogens is 406 g/mol. The third kappa shape index (κ3) is 3.29. The molecule has 1 amide bonds. The quantitative estimate of drug-likeness (QED) is 0.650. The predicted octanol–water partition coefficient (Wildman–Crippen LogP) is 3.35. The minimum Gasteiger partial charge on any atom is -0.338 e. The number of nitrogens with zero attached hydrogens (tertiary/aromatic N) is 4. The lowest BCUT2D eigenvalue weighted by Crippen LogP contribution is -2.37. The number of aryl methyl sites for hydroxylation is 1. The number of hydrogen-bond donors (Lipinski definition) is 0. The van der Waals surface area contributed by atoms with Crippen molar-refractivity contribution in [3.8, 4) is 11.3 Å². The minimum absolute atomic E-state index is 0.0778. The third-order valence-electron chi connectivity index (χ3n) is 4.91. The van der Waals surface area contributed by atoms with E-state index in [1.165, 1.54) is 13.9 Å². The number of aromatic nitrogens is 3. The summed E-state index contributed by atoms with van der Waals surface area (Å²) >= 11 is 12.1. The Morgan fingerprint density at radius 3 is 2.79 bits per heavy atom. The molecule has 0 N–H and O–H groups in total. The Labute approximate surface area is 170 Å². The van der Waals surface area contributed by atoms with E-state index < -0.39 is 11.9 Å². The predicted molar refractivity (Wildman–Crippen MR) is 106 cm³/mol. The molecule has 4 rings (SSSR count). The summed E-state index contributed by atoms with van der Waals surface area (Å²) in [5.74, 6) is -0.280. The van der Waals surface area contributed by atoms with Gasteiger partial charge in [0.05, 0.1) is 28.5 Å². The van der Waals surface area contributed by atoms with Crippen LogP contribution >= 0.6 is 23.2 Å². The summed E-state index contributed by atoms with van der Waals surface area (Å²) in [6, 6.07) is 5.06. The van der Waals surface area contributed by atoms with Crippen LogP contribution in [0.3, 0.4) is 0 Å². The average Bonchev–Trinajstić information content (AvgIpc) is 3.29. The van der Waals surface area contributed by atoms with E-state index in [0.717, 1.165) is 5.56 Å². The van der Waals surface area contributed by atoms with Gasteiger partial charge in [-0.05, 0) is 25.5 Å². The van der Waals surface area contributed by atoms with Crippen molar-refractivity contribution in [2.24, 2.45) is 0 Å². The zero-order chi connectivity index (χ0) is 20.0. The van der Waals surface area contributed by atoms with Crippen LogP contribution in [0.5, 0.6) is 0 Å². The Bertz CT molecular complexity index is 1140. The summed E-state index contributed by atoms with van der Waals surface area (Å²) in [5, 5.41) is 0.780. The molecule has 9 heteroatoms. The molecule has 1 saturated heterocycles. The van der Waals surface area contributed by atoms with E-state index in [1.54, 1.807) is 30.6 Å². The molecule has 1 fully saturated rings. The lowest BCUT2D eigenvalue weighted by molar-refractivity contribution is -0.131. The Balaban J connectivity index is 1.77. The highest BCUT2D eigenvalue weighted by atomic mass is 35.5. The molecule has 1 aliphatic heterocycles. The van der Waals surface area contributed by atoms with Crippen LogP contribution in [-0.2, 0) is 11.3 Å². The van der Waals surface area contributed by atoms with E-state index in [4.69, 9.17) is 23.2 Å². The largest absolute Gasteiger partial charge is 0.338 e. The molecule has 1 atom stereocenters. The molecule has 146 valence electrons.